The molecule has 2 aromatic carbocycles. The van der Waals surface area contributed by atoms with Crippen LogP contribution in [0.25, 0.3) is 0 Å². The lowest BCUT2D eigenvalue weighted by Gasteiger charge is -2.17. The van der Waals surface area contributed by atoms with Crippen LogP contribution >= 0.6 is 31.9 Å². The van der Waals surface area contributed by atoms with Gasteiger partial charge in [-0.05, 0) is 60.7 Å². The van der Waals surface area contributed by atoms with E-state index in [0.717, 1.165) is 32.2 Å². The van der Waals surface area contributed by atoms with Gasteiger partial charge in [-0.3, -0.25) is 0 Å². The first-order chi connectivity index (χ1) is 9.92. The van der Waals surface area contributed by atoms with Crippen molar-refractivity contribution in [3.05, 3.63) is 61.5 Å². The molecule has 0 aliphatic heterocycles. The minimum absolute atomic E-state index is 0.0568. The number of methoxy groups -OCH3 is 1. The van der Waals surface area contributed by atoms with Gasteiger partial charge in [-0.2, -0.15) is 0 Å². The molecule has 2 aromatic rings. The van der Waals surface area contributed by atoms with Crippen LogP contribution in [0.4, 0.5) is 0 Å². The highest BCUT2D eigenvalue weighted by Crippen LogP contribution is 2.29. The summed E-state index contributed by atoms with van der Waals surface area (Å²) in [5, 5.41) is 0. The number of hydrogen-bond acceptors (Lipinski definition) is 2. The van der Waals surface area contributed by atoms with Crippen molar-refractivity contribution in [3.8, 4) is 5.75 Å². The third kappa shape index (κ3) is 3.87. The summed E-state index contributed by atoms with van der Waals surface area (Å²) < 4.78 is 7.61. The lowest BCUT2D eigenvalue weighted by Crippen LogP contribution is -2.14. The molecular weight excluding hydrogens is 394 g/mol. The van der Waals surface area contributed by atoms with Gasteiger partial charge in [-0.25, -0.2) is 0 Å². The van der Waals surface area contributed by atoms with Crippen LogP contribution in [0.3, 0.4) is 0 Å². The van der Waals surface area contributed by atoms with E-state index in [1.54, 1.807) is 7.11 Å². The Hall–Kier alpha value is -0.840. The molecule has 2 N–H and O–H groups in total. The molecule has 1 atom stereocenters. The Labute approximate surface area is 143 Å². The Kier molecular flexibility index (Phi) is 5.47. The maximum atomic E-state index is 6.40. The summed E-state index contributed by atoms with van der Waals surface area (Å²) in [4.78, 5) is 0. The van der Waals surface area contributed by atoms with Crippen molar-refractivity contribution in [2.24, 2.45) is 5.73 Å². The fourth-order valence-electron chi connectivity index (χ4n) is 2.45. The Morgan fingerprint density at radius 2 is 1.71 bits per heavy atom. The maximum Gasteiger partial charge on any atom is 0.122 e. The average Bonchev–Trinajstić information content (AvgIpc) is 2.44. The topological polar surface area (TPSA) is 35.2 Å². The van der Waals surface area contributed by atoms with Gasteiger partial charge in [0.15, 0.2) is 0 Å². The molecule has 0 aliphatic carbocycles. The lowest BCUT2D eigenvalue weighted by molar-refractivity contribution is 0.408. The van der Waals surface area contributed by atoms with Gasteiger partial charge in [0.25, 0.3) is 0 Å². The summed E-state index contributed by atoms with van der Waals surface area (Å²) in [6.07, 6.45) is 0.739. The SMILES string of the molecule is COc1ccc(Br)cc1CC(N)c1cc(C)c(Br)c(C)c1. The number of benzene rings is 2. The van der Waals surface area contributed by atoms with Crippen molar-refractivity contribution >= 4 is 31.9 Å². The first kappa shape index (κ1) is 16.5. The predicted molar refractivity (Wildman–Crippen MR) is 94.9 cm³/mol. The quantitative estimate of drug-likeness (QED) is 0.759. The molecular formula is C17H19Br2NO. The van der Waals surface area contributed by atoms with Crippen molar-refractivity contribution in [2.75, 3.05) is 7.11 Å². The van der Waals surface area contributed by atoms with E-state index in [1.165, 1.54) is 11.1 Å². The molecule has 112 valence electrons. The first-order valence-corrected chi connectivity index (χ1v) is 8.35. The number of hydrogen-bond donors (Lipinski definition) is 1. The highest BCUT2D eigenvalue weighted by atomic mass is 79.9. The van der Waals surface area contributed by atoms with E-state index in [2.05, 4.69) is 63.9 Å². The molecule has 0 radical (unpaired) electrons. The summed E-state index contributed by atoms with van der Waals surface area (Å²) in [5.74, 6) is 0.874. The summed E-state index contributed by atoms with van der Waals surface area (Å²) in [7, 11) is 1.69. The Bertz CT molecular complexity index is 632. The van der Waals surface area contributed by atoms with E-state index in [1.807, 2.05) is 12.1 Å². The number of nitrogens with two attached hydrogens (primary N) is 1. The van der Waals surface area contributed by atoms with Gasteiger partial charge in [0, 0.05) is 15.0 Å². The zero-order valence-corrected chi connectivity index (χ0v) is 15.6. The van der Waals surface area contributed by atoms with Gasteiger partial charge < -0.3 is 10.5 Å². The van der Waals surface area contributed by atoms with E-state index in [0.29, 0.717) is 0 Å². The maximum absolute atomic E-state index is 6.40. The van der Waals surface area contributed by atoms with Crippen LogP contribution in [-0.4, -0.2) is 7.11 Å². The normalized spacial score (nSPS) is 12.3. The molecule has 0 saturated heterocycles. The number of ether oxygens (including phenoxy) is 1. The largest absolute Gasteiger partial charge is 0.496 e. The molecule has 1 unspecified atom stereocenters. The monoisotopic (exact) mass is 411 g/mol. The van der Waals surface area contributed by atoms with Gasteiger partial charge in [0.2, 0.25) is 0 Å². The molecule has 2 nitrogen and oxygen atoms in total. The van der Waals surface area contributed by atoms with Crippen molar-refractivity contribution in [3.63, 3.8) is 0 Å². The lowest BCUT2D eigenvalue weighted by atomic mass is 9.96. The van der Waals surface area contributed by atoms with Crippen molar-refractivity contribution in [1.29, 1.82) is 0 Å². The smallest absolute Gasteiger partial charge is 0.122 e. The molecule has 0 spiro atoms. The fraction of sp³-hybridized carbons (Fsp3) is 0.294. The van der Waals surface area contributed by atoms with Gasteiger partial charge in [0.1, 0.15) is 5.75 Å². The van der Waals surface area contributed by atoms with Crippen LogP contribution in [0.15, 0.2) is 39.3 Å². The van der Waals surface area contributed by atoms with E-state index < -0.39 is 0 Å². The van der Waals surface area contributed by atoms with Crippen LogP contribution in [0.5, 0.6) is 5.75 Å². The highest BCUT2D eigenvalue weighted by molar-refractivity contribution is 9.10. The molecule has 0 fully saturated rings. The summed E-state index contributed by atoms with van der Waals surface area (Å²) in [6.45, 7) is 4.18. The molecule has 0 saturated carbocycles. The summed E-state index contributed by atoms with van der Waals surface area (Å²) in [5.41, 5.74) is 11.1. The van der Waals surface area contributed by atoms with Crippen LogP contribution in [0, 0.1) is 13.8 Å². The molecule has 0 aliphatic rings. The molecule has 0 bridgehead atoms. The van der Waals surface area contributed by atoms with E-state index in [4.69, 9.17) is 10.5 Å². The van der Waals surface area contributed by atoms with Gasteiger partial charge >= 0.3 is 0 Å². The van der Waals surface area contributed by atoms with Crippen LogP contribution in [-0.2, 0) is 6.42 Å². The van der Waals surface area contributed by atoms with Crippen LogP contribution in [0.2, 0.25) is 0 Å². The van der Waals surface area contributed by atoms with Crippen molar-refractivity contribution in [2.45, 2.75) is 26.3 Å². The van der Waals surface area contributed by atoms with Crippen LogP contribution in [0.1, 0.15) is 28.3 Å². The predicted octanol–water partition coefficient (Wildman–Crippen LogP) is 5.08. The number of aryl methyl sites for hydroxylation is 2. The molecule has 21 heavy (non-hydrogen) atoms. The van der Waals surface area contributed by atoms with Crippen molar-refractivity contribution in [1.82, 2.24) is 0 Å². The summed E-state index contributed by atoms with van der Waals surface area (Å²) in [6, 6.07) is 10.2. The summed E-state index contributed by atoms with van der Waals surface area (Å²) >= 11 is 7.10. The second kappa shape index (κ2) is 6.95. The van der Waals surface area contributed by atoms with Gasteiger partial charge in [0.05, 0.1) is 7.11 Å². The fourth-order valence-corrected chi connectivity index (χ4v) is 3.09. The Balaban J connectivity index is 2.30. The second-order valence-corrected chi connectivity index (χ2v) is 6.94. The second-order valence-electron chi connectivity index (χ2n) is 5.24. The first-order valence-electron chi connectivity index (χ1n) is 6.77. The van der Waals surface area contributed by atoms with E-state index in [9.17, 15) is 0 Å². The number of halogens is 2. The third-order valence-corrected chi connectivity index (χ3v) is 5.31. The molecule has 2 rings (SSSR count). The molecule has 4 heteroatoms. The zero-order valence-electron chi connectivity index (χ0n) is 12.4. The Morgan fingerprint density at radius 1 is 1.10 bits per heavy atom. The zero-order chi connectivity index (χ0) is 15.6. The number of rotatable bonds is 4. The van der Waals surface area contributed by atoms with Gasteiger partial charge in [-0.15, -0.1) is 0 Å². The Morgan fingerprint density at radius 3 is 2.29 bits per heavy atom. The standard InChI is InChI=1S/C17H19Br2NO/c1-10-6-12(7-11(2)17(10)19)15(20)9-13-8-14(18)4-5-16(13)21-3/h4-8,15H,9,20H2,1-3H3. The molecule has 0 aromatic heterocycles. The molecule has 0 heterocycles. The highest BCUT2D eigenvalue weighted by Gasteiger charge is 2.13. The van der Waals surface area contributed by atoms with E-state index in [-0.39, 0.29) is 6.04 Å². The average molecular weight is 413 g/mol. The van der Waals surface area contributed by atoms with Crippen molar-refractivity contribution < 1.29 is 4.74 Å². The molecule has 0 amide bonds. The van der Waals surface area contributed by atoms with E-state index >= 15 is 0 Å². The minimum atomic E-state index is -0.0568. The van der Waals surface area contributed by atoms with Gasteiger partial charge in [-0.1, -0.05) is 44.0 Å². The van der Waals surface area contributed by atoms with Crippen LogP contribution < -0.4 is 10.5 Å². The minimum Gasteiger partial charge on any atom is -0.496 e. The third-order valence-electron chi connectivity index (χ3n) is 3.57.